The molecule has 0 bridgehead atoms. The summed E-state index contributed by atoms with van der Waals surface area (Å²) in [5.41, 5.74) is 1.01. The maximum absolute atomic E-state index is 8.84. The highest BCUT2D eigenvalue weighted by Gasteiger charge is 2.47. The van der Waals surface area contributed by atoms with Crippen LogP contribution in [0.2, 0.25) is 5.02 Å². The van der Waals surface area contributed by atoms with E-state index in [1.54, 1.807) is 0 Å². The van der Waals surface area contributed by atoms with E-state index in [9.17, 15) is 0 Å². The molecule has 0 amide bonds. The summed E-state index contributed by atoms with van der Waals surface area (Å²) in [4.78, 5) is 0. The summed E-state index contributed by atoms with van der Waals surface area (Å²) in [7, 11) is 0. The molecule has 1 saturated carbocycles. The Morgan fingerprint density at radius 3 is 2.53 bits per heavy atom. The minimum absolute atomic E-state index is 0.175. The van der Waals surface area contributed by atoms with Gasteiger partial charge < -0.3 is 14.6 Å². The zero-order valence-corrected chi connectivity index (χ0v) is 10.3. The Morgan fingerprint density at radius 1 is 1.24 bits per heavy atom. The number of rotatable bonds is 3. The van der Waals surface area contributed by atoms with Gasteiger partial charge in [0.25, 0.3) is 5.79 Å². The molecular weight excluding hydrogens is 240 g/mol. The quantitative estimate of drug-likeness (QED) is 0.901. The van der Waals surface area contributed by atoms with Crippen LogP contribution < -0.4 is 9.47 Å². The van der Waals surface area contributed by atoms with Crippen molar-refractivity contribution in [2.24, 2.45) is 0 Å². The number of hydrogen-bond donors (Lipinski definition) is 1. The molecule has 1 N–H and O–H groups in total. The molecule has 1 aliphatic heterocycles. The van der Waals surface area contributed by atoms with E-state index in [2.05, 4.69) is 0 Å². The van der Waals surface area contributed by atoms with E-state index >= 15 is 0 Å². The van der Waals surface area contributed by atoms with Crippen molar-refractivity contribution in [3.63, 3.8) is 0 Å². The molecule has 0 atom stereocenters. The van der Waals surface area contributed by atoms with Crippen LogP contribution in [0.15, 0.2) is 12.1 Å². The van der Waals surface area contributed by atoms with Crippen molar-refractivity contribution in [2.45, 2.75) is 37.9 Å². The van der Waals surface area contributed by atoms with Crippen LogP contribution in [-0.4, -0.2) is 17.5 Å². The summed E-state index contributed by atoms with van der Waals surface area (Å²) in [6, 6.07) is 3.77. The maximum Gasteiger partial charge on any atom is 0.251 e. The van der Waals surface area contributed by atoms with Crippen molar-refractivity contribution in [1.82, 2.24) is 0 Å². The number of aryl methyl sites for hydroxylation is 1. The minimum Gasteiger partial charge on any atom is -0.448 e. The monoisotopic (exact) mass is 254 g/mol. The summed E-state index contributed by atoms with van der Waals surface area (Å²) in [6.45, 7) is 0.175. The van der Waals surface area contributed by atoms with E-state index in [1.165, 1.54) is 0 Å². The van der Waals surface area contributed by atoms with Gasteiger partial charge in [0.05, 0.1) is 0 Å². The lowest BCUT2D eigenvalue weighted by molar-refractivity contribution is -0.138. The highest BCUT2D eigenvalue weighted by Crippen LogP contribution is 2.49. The van der Waals surface area contributed by atoms with Gasteiger partial charge in [0, 0.05) is 30.5 Å². The van der Waals surface area contributed by atoms with Crippen LogP contribution in [0.1, 0.15) is 31.2 Å². The smallest absolute Gasteiger partial charge is 0.251 e. The first kappa shape index (κ1) is 11.2. The predicted octanol–water partition coefficient (Wildman–Crippen LogP) is 2.92. The van der Waals surface area contributed by atoms with Crippen LogP contribution in [0.4, 0.5) is 0 Å². The summed E-state index contributed by atoms with van der Waals surface area (Å²) < 4.78 is 11.7. The van der Waals surface area contributed by atoms with E-state index in [0.717, 1.165) is 42.7 Å². The molecule has 4 heteroatoms. The first-order valence-electron chi connectivity index (χ1n) is 6.04. The van der Waals surface area contributed by atoms with Gasteiger partial charge in [-0.05, 0) is 30.9 Å². The van der Waals surface area contributed by atoms with Crippen LogP contribution in [0.3, 0.4) is 0 Å². The second-order valence-electron chi connectivity index (χ2n) is 4.69. The van der Waals surface area contributed by atoms with Gasteiger partial charge in [-0.25, -0.2) is 0 Å². The molecule has 0 unspecified atom stereocenters. The zero-order chi connectivity index (χ0) is 11.9. The Hall–Kier alpha value is -0.930. The Bertz CT molecular complexity index is 441. The first-order chi connectivity index (χ1) is 8.22. The van der Waals surface area contributed by atoms with Crippen LogP contribution in [-0.2, 0) is 6.42 Å². The standard InChI is InChI=1S/C13H15ClO3/c14-10-8-12-11(7-9(10)3-1-6-15)16-13(17-12)4-2-5-13/h7-8,15H,1-6H2. The molecular formula is C13H15ClO3. The fourth-order valence-corrected chi connectivity index (χ4v) is 2.54. The number of benzene rings is 1. The van der Waals surface area contributed by atoms with Gasteiger partial charge in [0.2, 0.25) is 0 Å². The third kappa shape index (κ3) is 1.87. The fourth-order valence-electron chi connectivity index (χ4n) is 2.29. The maximum atomic E-state index is 8.84. The molecule has 92 valence electrons. The number of aliphatic hydroxyl groups is 1. The predicted molar refractivity (Wildman–Crippen MR) is 64.7 cm³/mol. The van der Waals surface area contributed by atoms with Crippen molar-refractivity contribution in [2.75, 3.05) is 6.61 Å². The molecule has 1 aromatic rings. The zero-order valence-electron chi connectivity index (χ0n) is 9.54. The highest BCUT2D eigenvalue weighted by molar-refractivity contribution is 6.31. The molecule has 17 heavy (non-hydrogen) atoms. The van der Waals surface area contributed by atoms with Gasteiger partial charge >= 0.3 is 0 Å². The van der Waals surface area contributed by atoms with E-state index in [-0.39, 0.29) is 6.61 Å². The van der Waals surface area contributed by atoms with Crippen molar-refractivity contribution >= 4 is 11.6 Å². The normalized spacial score (nSPS) is 19.4. The van der Waals surface area contributed by atoms with Gasteiger partial charge in [-0.2, -0.15) is 0 Å². The lowest BCUT2D eigenvalue weighted by atomic mass is 9.91. The van der Waals surface area contributed by atoms with Crippen LogP contribution in [0, 0.1) is 0 Å². The average Bonchev–Trinajstić information content (AvgIpc) is 2.64. The van der Waals surface area contributed by atoms with Gasteiger partial charge in [0.15, 0.2) is 11.5 Å². The molecule has 1 fully saturated rings. The van der Waals surface area contributed by atoms with Crippen molar-refractivity contribution in [3.8, 4) is 11.5 Å². The van der Waals surface area contributed by atoms with Crippen molar-refractivity contribution in [1.29, 1.82) is 0 Å². The van der Waals surface area contributed by atoms with Crippen molar-refractivity contribution < 1.29 is 14.6 Å². The van der Waals surface area contributed by atoms with Crippen LogP contribution in [0.5, 0.6) is 11.5 Å². The van der Waals surface area contributed by atoms with Gasteiger partial charge in [-0.3, -0.25) is 0 Å². The highest BCUT2D eigenvalue weighted by atomic mass is 35.5. The van der Waals surface area contributed by atoms with E-state index in [0.29, 0.717) is 11.4 Å². The topological polar surface area (TPSA) is 38.7 Å². The average molecular weight is 255 g/mol. The van der Waals surface area contributed by atoms with E-state index in [1.807, 2.05) is 12.1 Å². The lowest BCUT2D eigenvalue weighted by Gasteiger charge is -2.35. The second-order valence-corrected chi connectivity index (χ2v) is 5.09. The Morgan fingerprint density at radius 2 is 1.94 bits per heavy atom. The molecule has 1 aromatic carbocycles. The summed E-state index contributed by atoms with van der Waals surface area (Å²) >= 11 is 6.18. The van der Waals surface area contributed by atoms with E-state index < -0.39 is 5.79 Å². The number of aliphatic hydroxyl groups excluding tert-OH is 1. The van der Waals surface area contributed by atoms with Crippen LogP contribution >= 0.6 is 11.6 Å². The second kappa shape index (κ2) is 4.07. The van der Waals surface area contributed by atoms with Crippen LogP contribution in [0.25, 0.3) is 0 Å². The SMILES string of the molecule is OCCCc1cc2c(cc1Cl)OC1(CCC1)O2. The molecule has 0 radical (unpaired) electrons. The largest absolute Gasteiger partial charge is 0.448 e. The van der Waals surface area contributed by atoms with Gasteiger partial charge in [-0.15, -0.1) is 0 Å². The molecule has 1 spiro atoms. The molecule has 0 aromatic heterocycles. The first-order valence-corrected chi connectivity index (χ1v) is 6.42. The van der Waals surface area contributed by atoms with Gasteiger partial charge in [-0.1, -0.05) is 11.6 Å². The fraction of sp³-hybridized carbons (Fsp3) is 0.538. The number of ether oxygens (including phenoxy) is 2. The number of hydrogen-bond acceptors (Lipinski definition) is 3. The molecule has 3 rings (SSSR count). The number of fused-ring (bicyclic) bond motifs is 1. The molecule has 1 aliphatic carbocycles. The number of halogens is 1. The minimum atomic E-state index is -0.402. The molecule has 2 aliphatic rings. The van der Waals surface area contributed by atoms with Crippen molar-refractivity contribution in [3.05, 3.63) is 22.7 Å². The summed E-state index contributed by atoms with van der Waals surface area (Å²) in [5.74, 6) is 1.14. The van der Waals surface area contributed by atoms with E-state index in [4.69, 9.17) is 26.2 Å². The summed E-state index contributed by atoms with van der Waals surface area (Å²) in [6.07, 6.45) is 4.53. The molecule has 1 heterocycles. The Labute approximate surface area is 105 Å². The molecule has 3 nitrogen and oxygen atoms in total. The van der Waals surface area contributed by atoms with Gasteiger partial charge in [0.1, 0.15) is 0 Å². The Kier molecular flexibility index (Phi) is 2.68. The lowest BCUT2D eigenvalue weighted by Crippen LogP contribution is -2.45. The molecule has 0 saturated heterocycles. The third-order valence-corrected chi connectivity index (χ3v) is 3.78. The third-order valence-electron chi connectivity index (χ3n) is 3.42. The summed E-state index contributed by atoms with van der Waals surface area (Å²) in [5, 5.41) is 9.53. The Balaban J connectivity index is 1.85.